The van der Waals surface area contributed by atoms with Crippen LogP contribution in [0.1, 0.15) is 52.8 Å². The zero-order valence-corrected chi connectivity index (χ0v) is 38.1. The molecule has 9 aromatic rings. The van der Waals surface area contributed by atoms with Crippen molar-refractivity contribution in [1.29, 1.82) is 5.41 Å². The van der Waals surface area contributed by atoms with Gasteiger partial charge in [0.05, 0.1) is 27.8 Å². The molecule has 11 rings (SSSR count). The van der Waals surface area contributed by atoms with Crippen LogP contribution in [0.3, 0.4) is 0 Å². The Kier molecular flexibility index (Phi) is 10.5. The topological polar surface area (TPSA) is 59.7 Å². The molecule has 0 fully saturated rings. The summed E-state index contributed by atoms with van der Waals surface area (Å²) in [4.78, 5) is 0. The zero-order chi connectivity index (χ0) is 45.8. The number of aryl methyl sites for hydroxylation is 4. The fraction of sp³-hybridized carbons (Fsp3) is 0.0952. The number of para-hydroxylation sites is 2. The number of allylic oxidation sites excluding steroid dienone is 11. The predicted molar refractivity (Wildman–Crippen MR) is 286 cm³/mol. The van der Waals surface area contributed by atoms with E-state index in [-0.39, 0.29) is 0 Å². The van der Waals surface area contributed by atoms with Crippen LogP contribution in [-0.4, -0.2) is 14.8 Å². The Balaban J connectivity index is 1.10. The predicted octanol–water partition coefficient (Wildman–Crippen LogP) is 15.3. The van der Waals surface area contributed by atoms with Crippen molar-refractivity contribution < 1.29 is 0 Å². The molecule has 0 radical (unpaired) electrons. The van der Waals surface area contributed by atoms with Gasteiger partial charge in [-0.3, -0.25) is 0 Å². The lowest BCUT2D eigenvalue weighted by molar-refractivity contribution is 0.883. The highest BCUT2D eigenvalue weighted by Crippen LogP contribution is 2.51. The molecule has 2 aliphatic carbocycles. The van der Waals surface area contributed by atoms with Gasteiger partial charge in [0, 0.05) is 44.2 Å². The average Bonchev–Trinajstić information content (AvgIpc) is 3.89. The van der Waals surface area contributed by atoms with Crippen molar-refractivity contribution in [3.8, 4) is 22.5 Å². The van der Waals surface area contributed by atoms with E-state index in [9.17, 15) is 5.41 Å². The third-order valence-corrected chi connectivity index (χ3v) is 13.9. The Labute approximate surface area is 392 Å². The zero-order valence-electron chi connectivity index (χ0n) is 38.1. The molecule has 0 saturated heterocycles. The summed E-state index contributed by atoms with van der Waals surface area (Å²) in [6, 6.07) is 50.3. The van der Waals surface area contributed by atoms with Crippen LogP contribution < -0.4 is 5.73 Å². The Morgan fingerprint density at radius 3 is 1.64 bits per heavy atom. The minimum Gasteiger partial charge on any atom is -0.398 e. The van der Waals surface area contributed by atoms with Crippen molar-refractivity contribution in [2.24, 2.45) is 5.73 Å². The second kappa shape index (κ2) is 17.0. The summed E-state index contributed by atoms with van der Waals surface area (Å²) < 4.78 is 4.97. The molecule has 0 atom stereocenters. The number of aromatic nitrogens is 2. The first-order chi connectivity index (χ1) is 32.8. The average molecular weight is 865 g/mol. The number of hydrogen-bond donors (Lipinski definition) is 2. The SMILES string of the molecule is C=C/C(=C\C=C/C)C(=C)/C=C\C(=N)c1ccc2c(c1)c1cc3c4c(c1n2-c1ccccc1)CCc1cc2c5cc(/C(N)=C/C=C(\C)c6ccccc6)ccc5n(-c5ccccc5)c2c(c1-4)CC3. The second-order valence-corrected chi connectivity index (χ2v) is 17.8. The number of nitrogens with two attached hydrogens (primary N) is 1. The number of hydrogen-bond acceptors (Lipinski definition) is 2. The number of rotatable bonds is 11. The van der Waals surface area contributed by atoms with Crippen LogP contribution in [0.15, 0.2) is 212 Å². The molecule has 0 saturated carbocycles. The summed E-state index contributed by atoms with van der Waals surface area (Å²) in [6.45, 7) is 12.4. The molecule has 0 amide bonds. The van der Waals surface area contributed by atoms with Gasteiger partial charge in [-0.05, 0) is 174 Å². The van der Waals surface area contributed by atoms with Crippen molar-refractivity contribution in [3.05, 3.63) is 251 Å². The van der Waals surface area contributed by atoms with Gasteiger partial charge in [-0.2, -0.15) is 0 Å². The van der Waals surface area contributed by atoms with Crippen molar-refractivity contribution in [2.45, 2.75) is 39.5 Å². The van der Waals surface area contributed by atoms with Gasteiger partial charge in [-0.25, -0.2) is 0 Å². The Morgan fingerprint density at radius 2 is 1.10 bits per heavy atom. The molecule has 2 aromatic heterocycles. The molecule has 4 nitrogen and oxygen atoms in total. The van der Waals surface area contributed by atoms with E-state index in [4.69, 9.17) is 5.73 Å². The van der Waals surface area contributed by atoms with Crippen molar-refractivity contribution in [1.82, 2.24) is 9.13 Å². The van der Waals surface area contributed by atoms with Gasteiger partial charge in [0.2, 0.25) is 0 Å². The fourth-order valence-electron chi connectivity index (χ4n) is 10.7. The van der Waals surface area contributed by atoms with E-state index in [0.29, 0.717) is 5.71 Å². The summed E-state index contributed by atoms with van der Waals surface area (Å²) in [7, 11) is 0. The van der Waals surface area contributed by atoms with Crippen molar-refractivity contribution in [3.63, 3.8) is 0 Å². The van der Waals surface area contributed by atoms with E-state index in [2.05, 4.69) is 169 Å². The molecule has 67 heavy (non-hydrogen) atoms. The van der Waals surface area contributed by atoms with E-state index < -0.39 is 0 Å². The van der Waals surface area contributed by atoms with E-state index in [1.54, 1.807) is 6.08 Å². The molecule has 2 aliphatic rings. The maximum absolute atomic E-state index is 9.21. The minimum absolute atomic E-state index is 0.439. The van der Waals surface area contributed by atoms with Crippen LogP contribution in [0, 0.1) is 5.41 Å². The van der Waals surface area contributed by atoms with Gasteiger partial charge >= 0.3 is 0 Å². The van der Waals surface area contributed by atoms with E-state index in [1.165, 1.54) is 82.6 Å². The lowest BCUT2D eigenvalue weighted by Gasteiger charge is -2.31. The Morgan fingerprint density at radius 1 is 0.582 bits per heavy atom. The van der Waals surface area contributed by atoms with Crippen molar-refractivity contribution >= 4 is 60.6 Å². The number of fused-ring (bicyclic) bond motifs is 8. The molecule has 0 bridgehead atoms. The van der Waals surface area contributed by atoms with Crippen molar-refractivity contribution in [2.75, 3.05) is 0 Å². The van der Waals surface area contributed by atoms with Gasteiger partial charge in [-0.1, -0.05) is 128 Å². The van der Waals surface area contributed by atoms with Gasteiger partial charge < -0.3 is 20.3 Å². The smallest absolute Gasteiger partial charge is 0.0612 e. The van der Waals surface area contributed by atoms with Gasteiger partial charge in [0.25, 0.3) is 0 Å². The number of benzene rings is 7. The molecule has 7 aromatic carbocycles. The van der Waals surface area contributed by atoms with E-state index in [1.807, 2.05) is 49.4 Å². The van der Waals surface area contributed by atoms with Gasteiger partial charge in [-0.15, -0.1) is 0 Å². The van der Waals surface area contributed by atoms with Crippen LogP contribution in [0.25, 0.3) is 77.4 Å². The maximum atomic E-state index is 9.21. The lowest BCUT2D eigenvalue weighted by Crippen LogP contribution is -2.16. The molecular formula is C63H52N4. The first-order valence-electron chi connectivity index (χ1n) is 23.3. The summed E-state index contributed by atoms with van der Waals surface area (Å²) in [5.74, 6) is 0. The third kappa shape index (κ3) is 7.04. The first kappa shape index (κ1) is 41.5. The molecule has 3 N–H and O–H groups in total. The van der Waals surface area contributed by atoms with Crippen LogP contribution >= 0.6 is 0 Å². The molecule has 0 spiro atoms. The second-order valence-electron chi connectivity index (χ2n) is 17.8. The van der Waals surface area contributed by atoms with Crippen LogP contribution in [-0.2, 0) is 25.7 Å². The Hall–Kier alpha value is -8.21. The summed E-state index contributed by atoms with van der Waals surface area (Å²) in [5.41, 5.74) is 29.8. The van der Waals surface area contributed by atoms with Gasteiger partial charge in [0.1, 0.15) is 0 Å². The molecule has 2 heterocycles. The highest BCUT2D eigenvalue weighted by atomic mass is 15.0. The molecular weight excluding hydrogens is 813 g/mol. The fourth-order valence-corrected chi connectivity index (χ4v) is 10.7. The molecule has 0 aliphatic heterocycles. The highest BCUT2D eigenvalue weighted by Gasteiger charge is 2.33. The summed E-state index contributed by atoms with van der Waals surface area (Å²) >= 11 is 0. The first-order valence-corrected chi connectivity index (χ1v) is 23.3. The van der Waals surface area contributed by atoms with E-state index in [0.717, 1.165) is 70.5 Å². The van der Waals surface area contributed by atoms with Crippen LogP contribution in [0.4, 0.5) is 0 Å². The van der Waals surface area contributed by atoms with Crippen LogP contribution in [0.2, 0.25) is 0 Å². The molecule has 4 heteroatoms. The standard InChI is InChI=1S/C63H52N4/c1-5-7-17-42(6-2)40(3)24-32-56(64)44-28-34-58-52(36-44)54-38-46-26-31-51-61-47(27-30-50(60(46)61)62(54)66(58)48-20-13-9-14-21-48)39-55-53-37-45(57(65)33-25-41(4)43-18-11-8-12-19-43)29-35-59(53)67(63(51)55)49-22-15-10-16-23-49/h5-25,28-29,32-39,64H,2-3,26-27,30-31,65H2,1,4H3/b7-5-,32-24-,41-25+,42-17+,57-33-,64-56?. The third-order valence-electron chi connectivity index (χ3n) is 13.9. The summed E-state index contributed by atoms with van der Waals surface area (Å²) in [5, 5.41) is 14.1. The van der Waals surface area contributed by atoms with Crippen LogP contribution in [0.5, 0.6) is 0 Å². The lowest BCUT2D eigenvalue weighted by atomic mass is 9.74. The maximum Gasteiger partial charge on any atom is 0.0612 e. The number of nitrogens with zero attached hydrogens (tertiary/aromatic N) is 2. The largest absolute Gasteiger partial charge is 0.398 e. The Bertz CT molecular complexity index is 3680. The van der Waals surface area contributed by atoms with Gasteiger partial charge in [0.15, 0.2) is 0 Å². The summed E-state index contributed by atoms with van der Waals surface area (Å²) in [6.07, 6.45) is 19.5. The monoisotopic (exact) mass is 864 g/mol. The number of nitrogens with one attached hydrogen (secondary N) is 1. The molecule has 324 valence electrons. The normalized spacial score (nSPS) is 14.0. The van der Waals surface area contributed by atoms with E-state index >= 15 is 0 Å². The highest BCUT2D eigenvalue weighted by molar-refractivity contribution is 6.18. The quantitative estimate of drug-likeness (QED) is 0.0987. The minimum atomic E-state index is 0.439. The molecule has 0 unspecified atom stereocenters.